The minimum absolute atomic E-state index is 0.0350. The van der Waals surface area contributed by atoms with Gasteiger partial charge >= 0.3 is 0 Å². The van der Waals surface area contributed by atoms with Gasteiger partial charge in [-0.3, -0.25) is 9.69 Å². The maximum absolute atomic E-state index is 13.0. The average Bonchev–Trinajstić information content (AvgIpc) is 3.47. The highest BCUT2D eigenvalue weighted by Crippen LogP contribution is 2.39. The van der Waals surface area contributed by atoms with Crippen LogP contribution in [0.1, 0.15) is 24.4 Å². The normalized spacial score (nSPS) is 29.5. The van der Waals surface area contributed by atoms with Gasteiger partial charge in [0.2, 0.25) is 0 Å². The molecule has 1 saturated carbocycles. The Kier molecular flexibility index (Phi) is 4.33. The fraction of sp³-hybridized carbons (Fsp3) is 0.611. The van der Waals surface area contributed by atoms with E-state index < -0.39 is 6.10 Å². The Bertz CT molecular complexity index is 540. The summed E-state index contributed by atoms with van der Waals surface area (Å²) in [5.41, 5.74) is 1.19. The van der Waals surface area contributed by atoms with E-state index in [4.69, 9.17) is 9.47 Å². The van der Waals surface area contributed by atoms with Crippen LogP contribution in [0.2, 0.25) is 0 Å². The summed E-state index contributed by atoms with van der Waals surface area (Å²) in [7, 11) is 0. The van der Waals surface area contributed by atoms with E-state index in [0.717, 1.165) is 6.54 Å². The quantitative estimate of drug-likeness (QED) is 0.846. The van der Waals surface area contributed by atoms with Gasteiger partial charge in [-0.25, -0.2) is 0 Å². The van der Waals surface area contributed by atoms with Crippen molar-refractivity contribution in [1.29, 1.82) is 0 Å². The van der Waals surface area contributed by atoms with Gasteiger partial charge < -0.3 is 14.4 Å². The summed E-state index contributed by atoms with van der Waals surface area (Å²) < 4.78 is 11.4. The van der Waals surface area contributed by atoms with Crippen LogP contribution >= 0.6 is 0 Å². The highest BCUT2D eigenvalue weighted by molar-refractivity contribution is 5.82. The van der Waals surface area contributed by atoms with Crippen LogP contribution < -0.4 is 0 Å². The van der Waals surface area contributed by atoms with Crippen molar-refractivity contribution in [2.24, 2.45) is 0 Å². The SMILES string of the molecule is O=C([C@@H]1OCCN(C2CC2)[C@H]1c1ccccc1)N1CCOCC1. The Labute approximate surface area is 137 Å². The number of morpholine rings is 2. The number of carbonyl (C=O) groups excluding carboxylic acids is 1. The van der Waals surface area contributed by atoms with Gasteiger partial charge in [-0.1, -0.05) is 30.3 Å². The Balaban J connectivity index is 1.61. The second-order valence-corrected chi connectivity index (χ2v) is 6.55. The van der Waals surface area contributed by atoms with E-state index in [9.17, 15) is 4.79 Å². The fourth-order valence-corrected chi connectivity index (χ4v) is 3.69. The largest absolute Gasteiger partial charge is 0.378 e. The summed E-state index contributed by atoms with van der Waals surface area (Å²) in [6.07, 6.45) is 2.08. The van der Waals surface area contributed by atoms with Crippen LogP contribution in [0.15, 0.2) is 30.3 Å². The minimum Gasteiger partial charge on any atom is -0.378 e. The minimum atomic E-state index is -0.398. The van der Waals surface area contributed by atoms with Gasteiger partial charge in [0.1, 0.15) is 0 Å². The maximum atomic E-state index is 13.0. The molecular weight excluding hydrogens is 292 g/mol. The molecular formula is C18H24N2O3. The predicted octanol–water partition coefficient (Wildman–Crippen LogP) is 1.45. The number of carbonyl (C=O) groups is 1. The summed E-state index contributed by atoms with van der Waals surface area (Å²) in [4.78, 5) is 17.4. The van der Waals surface area contributed by atoms with Crippen molar-refractivity contribution in [3.63, 3.8) is 0 Å². The molecule has 5 heteroatoms. The lowest BCUT2D eigenvalue weighted by Gasteiger charge is -2.43. The highest BCUT2D eigenvalue weighted by atomic mass is 16.5. The fourth-order valence-electron chi connectivity index (χ4n) is 3.69. The first-order valence-corrected chi connectivity index (χ1v) is 8.63. The van der Waals surface area contributed by atoms with E-state index in [0.29, 0.717) is 39.0 Å². The molecule has 0 N–H and O–H groups in total. The number of benzene rings is 1. The molecule has 1 aromatic rings. The van der Waals surface area contributed by atoms with E-state index >= 15 is 0 Å². The number of ether oxygens (including phenoxy) is 2. The maximum Gasteiger partial charge on any atom is 0.253 e. The molecule has 0 radical (unpaired) electrons. The monoisotopic (exact) mass is 316 g/mol. The zero-order chi connectivity index (χ0) is 15.6. The number of amides is 1. The van der Waals surface area contributed by atoms with Crippen LogP contribution in [0.5, 0.6) is 0 Å². The molecule has 1 aliphatic carbocycles. The Morgan fingerprint density at radius 3 is 2.43 bits per heavy atom. The topological polar surface area (TPSA) is 42.0 Å². The van der Waals surface area contributed by atoms with Gasteiger partial charge in [0, 0.05) is 25.7 Å². The van der Waals surface area contributed by atoms with Crippen molar-refractivity contribution in [2.45, 2.75) is 31.0 Å². The Morgan fingerprint density at radius 1 is 1.00 bits per heavy atom. The molecule has 4 rings (SSSR count). The van der Waals surface area contributed by atoms with Crippen LogP contribution in [0.4, 0.5) is 0 Å². The van der Waals surface area contributed by atoms with Gasteiger partial charge in [-0.05, 0) is 18.4 Å². The van der Waals surface area contributed by atoms with Crippen molar-refractivity contribution in [3.05, 3.63) is 35.9 Å². The average molecular weight is 316 g/mol. The van der Waals surface area contributed by atoms with Crippen molar-refractivity contribution in [2.75, 3.05) is 39.5 Å². The molecule has 2 heterocycles. The smallest absolute Gasteiger partial charge is 0.253 e. The third-order valence-corrected chi connectivity index (χ3v) is 5.01. The van der Waals surface area contributed by atoms with Crippen molar-refractivity contribution in [1.82, 2.24) is 9.80 Å². The van der Waals surface area contributed by atoms with Crippen LogP contribution in [-0.2, 0) is 14.3 Å². The predicted molar refractivity (Wildman–Crippen MR) is 86.1 cm³/mol. The van der Waals surface area contributed by atoms with Gasteiger partial charge in [-0.2, -0.15) is 0 Å². The molecule has 23 heavy (non-hydrogen) atoms. The third-order valence-electron chi connectivity index (χ3n) is 5.01. The summed E-state index contributed by atoms with van der Waals surface area (Å²) in [5.74, 6) is 0.118. The van der Waals surface area contributed by atoms with Crippen LogP contribution in [0.25, 0.3) is 0 Å². The van der Waals surface area contributed by atoms with Crippen molar-refractivity contribution in [3.8, 4) is 0 Å². The van der Waals surface area contributed by atoms with Gasteiger partial charge in [0.25, 0.3) is 5.91 Å². The lowest BCUT2D eigenvalue weighted by molar-refractivity contribution is -0.160. The molecule has 2 saturated heterocycles. The number of hydrogen-bond acceptors (Lipinski definition) is 4. The first-order valence-electron chi connectivity index (χ1n) is 8.63. The van der Waals surface area contributed by atoms with Crippen LogP contribution in [0, 0.1) is 0 Å². The lowest BCUT2D eigenvalue weighted by atomic mass is 9.96. The third kappa shape index (κ3) is 3.13. The summed E-state index contributed by atoms with van der Waals surface area (Å²) in [6.45, 7) is 4.15. The number of rotatable bonds is 3. The molecule has 3 fully saturated rings. The first-order chi connectivity index (χ1) is 11.3. The highest BCUT2D eigenvalue weighted by Gasteiger charge is 2.45. The molecule has 0 unspecified atom stereocenters. The molecule has 0 bridgehead atoms. The zero-order valence-corrected chi connectivity index (χ0v) is 13.4. The van der Waals surface area contributed by atoms with Crippen LogP contribution in [0.3, 0.4) is 0 Å². The molecule has 2 atom stereocenters. The molecule has 2 aliphatic heterocycles. The molecule has 3 aliphatic rings. The summed E-state index contributed by atoms with van der Waals surface area (Å²) in [6, 6.07) is 11.0. The van der Waals surface area contributed by atoms with Crippen molar-refractivity contribution < 1.29 is 14.3 Å². The molecule has 0 spiro atoms. The second kappa shape index (κ2) is 6.59. The summed E-state index contributed by atoms with van der Waals surface area (Å²) in [5, 5.41) is 0. The van der Waals surface area contributed by atoms with E-state index in [1.165, 1.54) is 18.4 Å². The van der Waals surface area contributed by atoms with Crippen LogP contribution in [-0.4, -0.2) is 67.3 Å². The first kappa shape index (κ1) is 15.1. The standard InChI is InChI=1S/C18H24N2O3/c21-18(19-8-11-22-12-9-19)17-16(14-4-2-1-3-5-14)20(10-13-23-17)15-6-7-15/h1-5,15-17H,6-13H2/t16-,17+/m0/s1. The Hall–Kier alpha value is -1.43. The molecule has 1 aromatic carbocycles. The molecule has 0 aromatic heterocycles. The van der Waals surface area contributed by atoms with E-state index in [2.05, 4.69) is 17.0 Å². The zero-order valence-electron chi connectivity index (χ0n) is 13.4. The van der Waals surface area contributed by atoms with Gasteiger partial charge in [0.05, 0.1) is 25.9 Å². The number of nitrogens with zero attached hydrogens (tertiary/aromatic N) is 2. The van der Waals surface area contributed by atoms with E-state index in [1.807, 2.05) is 23.1 Å². The van der Waals surface area contributed by atoms with Gasteiger partial charge in [0.15, 0.2) is 6.10 Å². The molecule has 5 nitrogen and oxygen atoms in total. The van der Waals surface area contributed by atoms with Crippen molar-refractivity contribution >= 4 is 5.91 Å². The Morgan fingerprint density at radius 2 is 1.74 bits per heavy atom. The van der Waals surface area contributed by atoms with E-state index in [-0.39, 0.29) is 11.9 Å². The van der Waals surface area contributed by atoms with Gasteiger partial charge in [-0.15, -0.1) is 0 Å². The molecule has 1 amide bonds. The summed E-state index contributed by atoms with van der Waals surface area (Å²) >= 11 is 0. The lowest BCUT2D eigenvalue weighted by Crippen LogP contribution is -2.55. The second-order valence-electron chi connectivity index (χ2n) is 6.55. The number of hydrogen-bond donors (Lipinski definition) is 0. The molecule has 124 valence electrons. The van der Waals surface area contributed by atoms with E-state index in [1.54, 1.807) is 0 Å².